The molecule has 1 atom stereocenters. The maximum Gasteiger partial charge on any atom is 0.260 e. The van der Waals surface area contributed by atoms with Crippen LogP contribution in [0.3, 0.4) is 0 Å². The average Bonchev–Trinajstić information content (AvgIpc) is 2.64. The molecule has 1 saturated heterocycles. The molecule has 122 valence electrons. The van der Waals surface area contributed by atoms with E-state index in [1.165, 1.54) is 4.90 Å². The van der Waals surface area contributed by atoms with E-state index >= 15 is 0 Å². The van der Waals surface area contributed by atoms with E-state index in [2.05, 4.69) is 6.58 Å². The number of carbonyl (C=O) groups excluding carboxylic acids is 2. The predicted octanol–water partition coefficient (Wildman–Crippen LogP) is 3.96. The van der Waals surface area contributed by atoms with Crippen LogP contribution in [0, 0.1) is 0 Å². The molecule has 0 radical (unpaired) electrons. The van der Waals surface area contributed by atoms with E-state index in [0.717, 1.165) is 18.4 Å². The van der Waals surface area contributed by atoms with Gasteiger partial charge in [0.05, 0.1) is 5.41 Å². The summed E-state index contributed by atoms with van der Waals surface area (Å²) in [5.41, 5.74) is 0.819. The number of piperidine rings is 1. The summed E-state index contributed by atoms with van der Waals surface area (Å²) in [5, 5.41) is 0. The molecule has 1 aliphatic heterocycles. The highest BCUT2D eigenvalue weighted by Crippen LogP contribution is 2.39. The fraction of sp³-hybridized carbons (Fsp3) is 0.238. The molecule has 0 aliphatic carbocycles. The van der Waals surface area contributed by atoms with Crippen LogP contribution >= 0.6 is 0 Å². The molecule has 0 spiro atoms. The SMILES string of the molecule is C=CCC1(c2ccccc2)CCCN(C(=O)c2ccccc2)C1=O. The summed E-state index contributed by atoms with van der Waals surface area (Å²) in [7, 11) is 0. The van der Waals surface area contributed by atoms with Crippen molar-refractivity contribution in [2.24, 2.45) is 0 Å². The van der Waals surface area contributed by atoms with Crippen LogP contribution in [0.1, 0.15) is 35.2 Å². The van der Waals surface area contributed by atoms with Crippen LogP contribution < -0.4 is 0 Å². The molecule has 3 heteroatoms. The van der Waals surface area contributed by atoms with Crippen LogP contribution in [-0.4, -0.2) is 23.3 Å². The van der Waals surface area contributed by atoms with Gasteiger partial charge in [0, 0.05) is 12.1 Å². The number of benzene rings is 2. The predicted molar refractivity (Wildman–Crippen MR) is 94.7 cm³/mol. The van der Waals surface area contributed by atoms with Gasteiger partial charge in [-0.25, -0.2) is 0 Å². The second-order valence-electron chi connectivity index (χ2n) is 6.17. The van der Waals surface area contributed by atoms with Crippen LogP contribution in [0.2, 0.25) is 0 Å². The lowest BCUT2D eigenvalue weighted by atomic mass is 9.71. The van der Waals surface area contributed by atoms with Gasteiger partial charge in [-0.1, -0.05) is 54.6 Å². The van der Waals surface area contributed by atoms with Gasteiger partial charge in [0.2, 0.25) is 5.91 Å². The third-order valence-corrected chi connectivity index (χ3v) is 4.72. The highest BCUT2D eigenvalue weighted by molar-refractivity contribution is 6.08. The first-order chi connectivity index (χ1) is 11.7. The molecule has 0 N–H and O–H groups in total. The fourth-order valence-electron chi connectivity index (χ4n) is 3.51. The third kappa shape index (κ3) is 2.78. The Morgan fingerprint density at radius 1 is 1.08 bits per heavy atom. The Bertz CT molecular complexity index is 739. The van der Waals surface area contributed by atoms with E-state index in [0.29, 0.717) is 18.5 Å². The number of likely N-dealkylation sites (tertiary alicyclic amines) is 1. The number of rotatable bonds is 4. The molecule has 3 rings (SSSR count). The number of amides is 2. The highest BCUT2D eigenvalue weighted by atomic mass is 16.2. The molecule has 0 bridgehead atoms. The minimum Gasteiger partial charge on any atom is -0.278 e. The Hall–Kier alpha value is -2.68. The molecule has 2 amide bonds. The quantitative estimate of drug-likeness (QED) is 0.632. The molecular weight excluding hydrogens is 298 g/mol. The van der Waals surface area contributed by atoms with Crippen molar-refractivity contribution in [1.29, 1.82) is 0 Å². The number of nitrogens with zero attached hydrogens (tertiary/aromatic N) is 1. The Morgan fingerprint density at radius 2 is 1.71 bits per heavy atom. The zero-order valence-electron chi connectivity index (χ0n) is 13.7. The van der Waals surface area contributed by atoms with E-state index in [1.54, 1.807) is 18.2 Å². The first kappa shape index (κ1) is 16.2. The summed E-state index contributed by atoms with van der Waals surface area (Å²) in [6, 6.07) is 18.7. The van der Waals surface area contributed by atoms with Crippen molar-refractivity contribution in [3.8, 4) is 0 Å². The molecule has 1 aliphatic rings. The van der Waals surface area contributed by atoms with Crippen molar-refractivity contribution < 1.29 is 9.59 Å². The Labute approximate surface area is 142 Å². The first-order valence-electron chi connectivity index (χ1n) is 8.27. The molecule has 2 aromatic carbocycles. The largest absolute Gasteiger partial charge is 0.278 e. The Morgan fingerprint density at radius 3 is 2.33 bits per heavy atom. The average molecular weight is 319 g/mol. The van der Waals surface area contributed by atoms with Gasteiger partial charge in [-0.05, 0) is 37.0 Å². The van der Waals surface area contributed by atoms with Crippen LogP contribution in [0.25, 0.3) is 0 Å². The lowest BCUT2D eigenvalue weighted by molar-refractivity contribution is -0.137. The number of hydrogen-bond acceptors (Lipinski definition) is 2. The first-order valence-corrected chi connectivity index (χ1v) is 8.27. The van der Waals surface area contributed by atoms with Gasteiger partial charge in [0.1, 0.15) is 0 Å². The summed E-state index contributed by atoms with van der Waals surface area (Å²) in [4.78, 5) is 27.5. The smallest absolute Gasteiger partial charge is 0.260 e. The maximum atomic E-state index is 13.3. The summed E-state index contributed by atoms with van der Waals surface area (Å²) < 4.78 is 0. The van der Waals surface area contributed by atoms with Crippen LogP contribution in [0.15, 0.2) is 73.3 Å². The van der Waals surface area contributed by atoms with E-state index < -0.39 is 5.41 Å². The van der Waals surface area contributed by atoms with E-state index in [9.17, 15) is 9.59 Å². The van der Waals surface area contributed by atoms with Gasteiger partial charge in [-0.3, -0.25) is 14.5 Å². The third-order valence-electron chi connectivity index (χ3n) is 4.72. The second-order valence-corrected chi connectivity index (χ2v) is 6.17. The highest BCUT2D eigenvalue weighted by Gasteiger charge is 2.46. The van der Waals surface area contributed by atoms with E-state index in [4.69, 9.17) is 0 Å². The Balaban J connectivity index is 1.99. The normalized spacial score (nSPS) is 20.7. The van der Waals surface area contributed by atoms with Crippen molar-refractivity contribution in [2.75, 3.05) is 6.54 Å². The van der Waals surface area contributed by atoms with Gasteiger partial charge in [-0.2, -0.15) is 0 Å². The summed E-state index contributed by atoms with van der Waals surface area (Å²) in [6.45, 7) is 4.30. The van der Waals surface area contributed by atoms with Gasteiger partial charge in [-0.15, -0.1) is 6.58 Å². The zero-order valence-corrected chi connectivity index (χ0v) is 13.7. The maximum absolute atomic E-state index is 13.3. The van der Waals surface area contributed by atoms with Crippen molar-refractivity contribution in [3.05, 3.63) is 84.4 Å². The monoisotopic (exact) mass is 319 g/mol. The summed E-state index contributed by atoms with van der Waals surface area (Å²) in [5.74, 6) is -0.335. The molecule has 2 aromatic rings. The van der Waals surface area contributed by atoms with Crippen LogP contribution in [0.4, 0.5) is 0 Å². The van der Waals surface area contributed by atoms with Crippen LogP contribution in [-0.2, 0) is 10.2 Å². The fourth-order valence-corrected chi connectivity index (χ4v) is 3.51. The van der Waals surface area contributed by atoms with E-state index in [-0.39, 0.29) is 11.8 Å². The van der Waals surface area contributed by atoms with Gasteiger partial charge < -0.3 is 0 Å². The summed E-state index contributed by atoms with van der Waals surface area (Å²) in [6.07, 6.45) is 3.85. The van der Waals surface area contributed by atoms with Gasteiger partial charge >= 0.3 is 0 Å². The summed E-state index contributed by atoms with van der Waals surface area (Å²) >= 11 is 0. The lowest BCUT2D eigenvalue weighted by Gasteiger charge is -2.40. The minimum atomic E-state index is -0.689. The number of allylic oxidation sites excluding steroid dienone is 1. The molecular formula is C21H21NO2. The number of imide groups is 1. The number of hydrogen-bond donors (Lipinski definition) is 0. The number of carbonyl (C=O) groups is 2. The zero-order chi connectivity index (χ0) is 17.0. The van der Waals surface area contributed by atoms with Crippen molar-refractivity contribution >= 4 is 11.8 Å². The molecule has 1 heterocycles. The second kappa shape index (κ2) is 6.83. The molecule has 1 fully saturated rings. The van der Waals surface area contributed by atoms with Gasteiger partial charge in [0.25, 0.3) is 5.91 Å². The van der Waals surface area contributed by atoms with E-state index in [1.807, 2.05) is 48.5 Å². The van der Waals surface area contributed by atoms with Crippen molar-refractivity contribution in [3.63, 3.8) is 0 Å². The Kier molecular flexibility index (Phi) is 4.61. The van der Waals surface area contributed by atoms with Crippen molar-refractivity contribution in [1.82, 2.24) is 4.90 Å². The molecule has 0 aromatic heterocycles. The molecule has 0 saturated carbocycles. The standard InChI is InChI=1S/C21H21NO2/c1-2-14-21(18-12-7-4-8-13-18)15-9-16-22(20(21)24)19(23)17-10-5-3-6-11-17/h2-8,10-13H,1,9,14-16H2. The molecule has 1 unspecified atom stereocenters. The van der Waals surface area contributed by atoms with Crippen LogP contribution in [0.5, 0.6) is 0 Å². The van der Waals surface area contributed by atoms with Gasteiger partial charge in [0.15, 0.2) is 0 Å². The van der Waals surface area contributed by atoms with Crippen molar-refractivity contribution in [2.45, 2.75) is 24.7 Å². The molecule has 3 nitrogen and oxygen atoms in total. The molecule has 24 heavy (non-hydrogen) atoms. The lowest BCUT2D eigenvalue weighted by Crippen LogP contribution is -2.53. The minimum absolute atomic E-state index is 0.117. The topological polar surface area (TPSA) is 37.4 Å².